The van der Waals surface area contributed by atoms with Crippen molar-refractivity contribution in [2.45, 2.75) is 84.6 Å². The number of allylic oxidation sites excluding steroid dienone is 2. The lowest BCUT2D eigenvalue weighted by atomic mass is 9.83. The van der Waals surface area contributed by atoms with Crippen LogP contribution in [0.5, 0.6) is 0 Å². The van der Waals surface area contributed by atoms with Gasteiger partial charge in [0.1, 0.15) is 22.9 Å². The van der Waals surface area contributed by atoms with Gasteiger partial charge in [0, 0.05) is 4.88 Å². The summed E-state index contributed by atoms with van der Waals surface area (Å²) in [5.41, 5.74) is 2.26. The second-order valence-corrected chi connectivity index (χ2v) is 10.8. The summed E-state index contributed by atoms with van der Waals surface area (Å²) in [6, 6.07) is -1.05. The predicted molar refractivity (Wildman–Crippen MR) is 122 cm³/mol. The van der Waals surface area contributed by atoms with Gasteiger partial charge in [-0.15, -0.1) is 11.3 Å². The van der Waals surface area contributed by atoms with Crippen LogP contribution < -0.4 is 5.32 Å². The Bertz CT molecular complexity index is 980. The largest absolute Gasteiger partial charge is 0.455 e. The van der Waals surface area contributed by atoms with Crippen LogP contribution in [-0.2, 0) is 19.1 Å². The first-order valence-electron chi connectivity index (χ1n) is 10.6. The first-order chi connectivity index (χ1) is 14.8. The van der Waals surface area contributed by atoms with Crippen LogP contribution in [0.15, 0.2) is 22.9 Å². The van der Waals surface area contributed by atoms with Crippen LogP contribution in [0.25, 0.3) is 6.08 Å². The minimum atomic E-state index is -0.725. The number of esters is 1. The lowest BCUT2D eigenvalue weighted by Crippen LogP contribution is -2.72. The van der Waals surface area contributed by atoms with E-state index < -0.39 is 29.3 Å². The van der Waals surface area contributed by atoms with E-state index in [4.69, 9.17) is 9.47 Å². The van der Waals surface area contributed by atoms with E-state index in [9.17, 15) is 14.4 Å². The Morgan fingerprint density at radius 3 is 2.38 bits per heavy atom. The van der Waals surface area contributed by atoms with Gasteiger partial charge in [-0.2, -0.15) is 0 Å². The summed E-state index contributed by atoms with van der Waals surface area (Å²) in [4.78, 5) is 44.9. The molecular formula is C23H31N3O5S. The van der Waals surface area contributed by atoms with E-state index in [0.29, 0.717) is 12.8 Å². The third-order valence-corrected chi connectivity index (χ3v) is 5.85. The van der Waals surface area contributed by atoms with E-state index in [1.807, 2.05) is 19.1 Å². The molecule has 32 heavy (non-hydrogen) atoms. The van der Waals surface area contributed by atoms with Gasteiger partial charge in [-0.3, -0.25) is 9.69 Å². The van der Waals surface area contributed by atoms with Crippen LogP contribution in [0.4, 0.5) is 4.79 Å². The molecule has 3 heterocycles. The maximum atomic E-state index is 13.1. The summed E-state index contributed by atoms with van der Waals surface area (Å²) < 4.78 is 10.9. The van der Waals surface area contributed by atoms with Gasteiger partial charge >= 0.3 is 12.1 Å². The smallest absolute Gasteiger partial charge is 0.408 e. The number of hydrogen-bond donors (Lipinski definition) is 1. The SMILES string of the molecule is Cc1ncsc1/C=C\C1=C(C(=O)OC(C)(C)C)N2C(=O)C(NC(=O)OC(C)(C)C)[C@H]2CC1. The summed E-state index contributed by atoms with van der Waals surface area (Å²) in [6.07, 6.45) is 4.31. The van der Waals surface area contributed by atoms with Crippen molar-refractivity contribution in [3.8, 4) is 0 Å². The zero-order chi connectivity index (χ0) is 23.8. The van der Waals surface area contributed by atoms with Crippen molar-refractivity contribution in [2.24, 2.45) is 0 Å². The molecule has 2 amide bonds. The number of rotatable bonds is 4. The average Bonchev–Trinajstić information content (AvgIpc) is 3.05. The van der Waals surface area contributed by atoms with Crippen molar-refractivity contribution >= 4 is 35.4 Å². The molecule has 0 radical (unpaired) electrons. The number of amides is 2. The second kappa shape index (κ2) is 8.69. The average molecular weight is 462 g/mol. The fourth-order valence-electron chi connectivity index (χ4n) is 3.65. The number of nitrogens with one attached hydrogen (secondary N) is 1. The van der Waals surface area contributed by atoms with Crippen LogP contribution >= 0.6 is 11.3 Å². The summed E-state index contributed by atoms with van der Waals surface area (Å²) in [6.45, 7) is 12.5. The van der Waals surface area contributed by atoms with E-state index in [-0.39, 0.29) is 17.6 Å². The molecule has 3 rings (SSSR count). The normalized spacial score (nSPS) is 21.3. The molecule has 1 N–H and O–H groups in total. The van der Waals surface area contributed by atoms with Crippen LogP contribution in [0.3, 0.4) is 0 Å². The number of carbonyl (C=O) groups excluding carboxylic acids is 3. The summed E-state index contributed by atoms with van der Waals surface area (Å²) in [5.74, 6) is -0.895. The Labute approximate surface area is 192 Å². The van der Waals surface area contributed by atoms with Crippen LogP contribution in [-0.4, -0.2) is 51.1 Å². The highest BCUT2D eigenvalue weighted by Crippen LogP contribution is 2.38. The number of fused-ring (bicyclic) bond motifs is 1. The molecule has 2 aliphatic rings. The molecule has 2 aliphatic heterocycles. The van der Waals surface area contributed by atoms with Gasteiger partial charge in [0.2, 0.25) is 0 Å². The van der Waals surface area contributed by atoms with Crippen molar-refractivity contribution in [1.82, 2.24) is 15.2 Å². The zero-order valence-electron chi connectivity index (χ0n) is 19.6. The Hall–Kier alpha value is -2.68. The quantitative estimate of drug-likeness (QED) is 0.538. The Morgan fingerprint density at radius 2 is 1.81 bits per heavy atom. The van der Waals surface area contributed by atoms with Crippen molar-refractivity contribution in [3.63, 3.8) is 0 Å². The number of nitrogens with zero attached hydrogens (tertiary/aromatic N) is 2. The van der Waals surface area contributed by atoms with Crippen LogP contribution in [0.2, 0.25) is 0 Å². The number of carbonyl (C=O) groups is 3. The van der Waals surface area contributed by atoms with Gasteiger partial charge in [0.15, 0.2) is 0 Å². The fraction of sp³-hybridized carbons (Fsp3) is 0.565. The summed E-state index contributed by atoms with van der Waals surface area (Å²) in [5, 5.41) is 2.65. The molecular weight excluding hydrogens is 430 g/mol. The van der Waals surface area contributed by atoms with Gasteiger partial charge in [-0.05, 0) is 73.0 Å². The predicted octanol–water partition coefficient (Wildman–Crippen LogP) is 3.96. The Kier molecular flexibility index (Phi) is 6.51. The molecule has 2 atom stereocenters. The van der Waals surface area contributed by atoms with Gasteiger partial charge in [0.05, 0.1) is 17.2 Å². The van der Waals surface area contributed by atoms with Crippen molar-refractivity contribution in [3.05, 3.63) is 33.4 Å². The molecule has 0 aliphatic carbocycles. The van der Waals surface area contributed by atoms with Crippen molar-refractivity contribution < 1.29 is 23.9 Å². The molecule has 0 saturated carbocycles. The molecule has 1 aromatic rings. The fourth-order valence-corrected chi connectivity index (χ4v) is 4.35. The lowest BCUT2D eigenvalue weighted by Gasteiger charge is -2.50. The van der Waals surface area contributed by atoms with Crippen molar-refractivity contribution in [1.29, 1.82) is 0 Å². The molecule has 1 saturated heterocycles. The maximum absolute atomic E-state index is 13.1. The molecule has 1 unspecified atom stereocenters. The zero-order valence-corrected chi connectivity index (χ0v) is 20.5. The number of aryl methyl sites for hydroxylation is 1. The van der Waals surface area contributed by atoms with E-state index in [1.54, 1.807) is 47.1 Å². The molecule has 0 spiro atoms. The van der Waals surface area contributed by atoms with Gasteiger partial charge in [-0.25, -0.2) is 14.6 Å². The first kappa shape index (κ1) is 24.0. The Morgan fingerprint density at radius 1 is 1.16 bits per heavy atom. The highest BCUT2D eigenvalue weighted by molar-refractivity contribution is 7.10. The summed E-state index contributed by atoms with van der Waals surface area (Å²) >= 11 is 1.51. The number of hydrogen-bond acceptors (Lipinski definition) is 7. The number of alkyl carbamates (subject to hydrolysis) is 1. The molecule has 0 bridgehead atoms. The first-order valence-corrected chi connectivity index (χ1v) is 11.5. The highest BCUT2D eigenvalue weighted by atomic mass is 32.1. The third-order valence-electron chi connectivity index (χ3n) is 4.96. The van der Waals surface area contributed by atoms with E-state index in [1.165, 1.54) is 16.2 Å². The minimum Gasteiger partial charge on any atom is -0.455 e. The topological polar surface area (TPSA) is 97.8 Å². The second-order valence-electron chi connectivity index (χ2n) is 9.95. The minimum absolute atomic E-state index is 0.238. The molecule has 1 aromatic heterocycles. The monoisotopic (exact) mass is 461 g/mol. The number of aromatic nitrogens is 1. The lowest BCUT2D eigenvalue weighted by molar-refractivity contribution is -0.161. The van der Waals surface area contributed by atoms with Gasteiger partial charge in [0.25, 0.3) is 5.91 Å². The number of β-lactam (4-membered cyclic amide) rings is 1. The van der Waals surface area contributed by atoms with E-state index in [2.05, 4.69) is 10.3 Å². The maximum Gasteiger partial charge on any atom is 0.408 e. The van der Waals surface area contributed by atoms with E-state index >= 15 is 0 Å². The number of ether oxygens (including phenoxy) is 2. The van der Waals surface area contributed by atoms with Crippen LogP contribution in [0.1, 0.15) is 65.0 Å². The molecule has 1 fully saturated rings. The molecule has 0 aromatic carbocycles. The van der Waals surface area contributed by atoms with Crippen LogP contribution in [0, 0.1) is 6.92 Å². The highest BCUT2D eigenvalue weighted by Gasteiger charge is 2.54. The third kappa shape index (κ3) is 5.38. The van der Waals surface area contributed by atoms with E-state index in [0.717, 1.165) is 16.1 Å². The standard InChI is InChI=1S/C23H31N3O5S/c1-13-16(32-12-24-13)11-9-14-8-10-15-17(25-21(29)31-23(5,6)7)19(27)26(15)18(14)20(28)30-22(2,3)4/h9,11-12,15,17H,8,10H2,1-7H3,(H,25,29)/b11-9-/t15-,17?/m1/s1. The van der Waals surface area contributed by atoms with Gasteiger partial charge in [-0.1, -0.05) is 6.08 Å². The number of thiazole rings is 1. The van der Waals surface area contributed by atoms with Crippen molar-refractivity contribution in [2.75, 3.05) is 0 Å². The van der Waals surface area contributed by atoms with Gasteiger partial charge < -0.3 is 14.8 Å². The molecule has 174 valence electrons. The summed E-state index contributed by atoms with van der Waals surface area (Å²) in [7, 11) is 0. The molecule has 8 nitrogen and oxygen atoms in total. The Balaban J connectivity index is 1.87. The molecule has 9 heteroatoms.